The molecule has 0 unspecified atom stereocenters. The summed E-state index contributed by atoms with van der Waals surface area (Å²) < 4.78 is 16.6. The van der Waals surface area contributed by atoms with Crippen LogP contribution < -0.4 is 10.1 Å². The van der Waals surface area contributed by atoms with E-state index in [0.29, 0.717) is 23.1 Å². The third-order valence-corrected chi connectivity index (χ3v) is 5.00. The molecule has 6 heteroatoms. The number of methoxy groups -OCH3 is 2. The second kappa shape index (κ2) is 7.06. The van der Waals surface area contributed by atoms with E-state index < -0.39 is 0 Å². The minimum absolute atomic E-state index is 0.0175. The zero-order chi connectivity index (χ0) is 18.1. The average Bonchev–Trinajstić information content (AvgIpc) is 3.15. The lowest BCUT2D eigenvalue weighted by Gasteiger charge is -2.19. The van der Waals surface area contributed by atoms with Gasteiger partial charge in [0.05, 0.1) is 19.3 Å². The minimum atomic E-state index is -0.203. The number of nitrogens with one attached hydrogen (secondary N) is 1. The van der Waals surface area contributed by atoms with Gasteiger partial charge < -0.3 is 19.2 Å². The summed E-state index contributed by atoms with van der Waals surface area (Å²) in [7, 11) is 3.29. The molecular weight excluding hydrogens is 320 g/mol. The first-order valence-corrected chi connectivity index (χ1v) is 8.59. The van der Waals surface area contributed by atoms with Crippen molar-refractivity contribution < 1.29 is 18.7 Å². The quantitative estimate of drug-likeness (QED) is 0.901. The Balaban J connectivity index is 1.81. The highest BCUT2D eigenvalue weighted by Gasteiger charge is 2.35. The van der Waals surface area contributed by atoms with Crippen LogP contribution in [0.1, 0.15) is 30.0 Å². The second-order valence-corrected chi connectivity index (χ2v) is 6.82. The number of carbonyl (C=O) groups excluding carboxylic acids is 1. The first-order valence-electron chi connectivity index (χ1n) is 8.59. The molecule has 1 aromatic carbocycles. The number of ether oxygens (including phenoxy) is 2. The van der Waals surface area contributed by atoms with Crippen LogP contribution in [0.2, 0.25) is 0 Å². The number of furan rings is 1. The molecule has 1 saturated heterocycles. The van der Waals surface area contributed by atoms with Gasteiger partial charge in [0, 0.05) is 43.3 Å². The molecule has 25 heavy (non-hydrogen) atoms. The SMILES string of the molecule is COc1ccc2c(C)c(C(=O)N[C@H]3CN(C(C)C)C[C@@H]3OC)oc2c1. The summed E-state index contributed by atoms with van der Waals surface area (Å²) in [5, 5.41) is 4.00. The van der Waals surface area contributed by atoms with Crippen molar-refractivity contribution in [1.82, 2.24) is 10.2 Å². The Hall–Kier alpha value is -2.05. The summed E-state index contributed by atoms with van der Waals surface area (Å²) in [5.74, 6) is 0.849. The van der Waals surface area contributed by atoms with Crippen molar-refractivity contribution in [2.45, 2.75) is 39.0 Å². The molecule has 1 aliphatic rings. The van der Waals surface area contributed by atoms with Crippen molar-refractivity contribution in [2.75, 3.05) is 27.3 Å². The minimum Gasteiger partial charge on any atom is -0.497 e. The van der Waals surface area contributed by atoms with Crippen molar-refractivity contribution in [1.29, 1.82) is 0 Å². The van der Waals surface area contributed by atoms with Gasteiger partial charge in [-0.05, 0) is 32.9 Å². The molecule has 0 spiro atoms. The number of fused-ring (bicyclic) bond motifs is 1. The van der Waals surface area contributed by atoms with E-state index >= 15 is 0 Å². The molecule has 1 N–H and O–H groups in total. The summed E-state index contributed by atoms with van der Waals surface area (Å²) in [6.07, 6.45) is -0.0175. The zero-order valence-electron chi connectivity index (χ0n) is 15.5. The van der Waals surface area contributed by atoms with Gasteiger partial charge >= 0.3 is 0 Å². The van der Waals surface area contributed by atoms with Gasteiger partial charge in [0.25, 0.3) is 5.91 Å². The number of rotatable bonds is 5. The van der Waals surface area contributed by atoms with E-state index in [1.54, 1.807) is 20.3 Å². The van der Waals surface area contributed by atoms with E-state index in [1.807, 2.05) is 19.1 Å². The Bertz CT molecular complexity index is 768. The number of hydrogen-bond acceptors (Lipinski definition) is 5. The van der Waals surface area contributed by atoms with Crippen molar-refractivity contribution in [2.24, 2.45) is 0 Å². The highest BCUT2D eigenvalue weighted by atomic mass is 16.5. The van der Waals surface area contributed by atoms with Gasteiger partial charge in [-0.1, -0.05) is 0 Å². The van der Waals surface area contributed by atoms with E-state index in [-0.39, 0.29) is 18.1 Å². The maximum absolute atomic E-state index is 12.8. The van der Waals surface area contributed by atoms with Crippen LogP contribution in [0.3, 0.4) is 0 Å². The highest BCUT2D eigenvalue weighted by Crippen LogP contribution is 2.29. The van der Waals surface area contributed by atoms with Crippen molar-refractivity contribution in [3.05, 3.63) is 29.5 Å². The van der Waals surface area contributed by atoms with Crippen LogP contribution >= 0.6 is 0 Å². The van der Waals surface area contributed by atoms with Gasteiger partial charge in [-0.3, -0.25) is 9.69 Å². The maximum atomic E-state index is 12.8. The van der Waals surface area contributed by atoms with Gasteiger partial charge in [0.1, 0.15) is 11.3 Å². The molecule has 1 amide bonds. The number of benzene rings is 1. The summed E-state index contributed by atoms with van der Waals surface area (Å²) in [6.45, 7) is 7.78. The number of likely N-dealkylation sites (tertiary alicyclic amines) is 1. The van der Waals surface area contributed by atoms with Crippen LogP contribution in [0.15, 0.2) is 22.6 Å². The number of nitrogens with zero attached hydrogens (tertiary/aromatic N) is 1. The summed E-state index contributed by atoms with van der Waals surface area (Å²) in [5.41, 5.74) is 1.49. The molecule has 1 fully saturated rings. The fourth-order valence-electron chi connectivity index (χ4n) is 3.39. The third kappa shape index (κ3) is 3.37. The Morgan fingerprint density at radius 2 is 2.08 bits per heavy atom. The fourth-order valence-corrected chi connectivity index (χ4v) is 3.39. The number of carbonyl (C=O) groups is 1. The van der Waals surface area contributed by atoms with E-state index in [1.165, 1.54) is 0 Å². The molecule has 2 aromatic rings. The van der Waals surface area contributed by atoms with Crippen molar-refractivity contribution in [3.8, 4) is 5.75 Å². The van der Waals surface area contributed by atoms with Crippen LogP contribution in [-0.2, 0) is 4.74 Å². The molecule has 0 saturated carbocycles. The lowest BCUT2D eigenvalue weighted by molar-refractivity contribution is 0.0737. The molecule has 136 valence electrons. The molecule has 0 aliphatic carbocycles. The zero-order valence-corrected chi connectivity index (χ0v) is 15.5. The lowest BCUT2D eigenvalue weighted by Crippen LogP contribution is -2.43. The fraction of sp³-hybridized carbons (Fsp3) is 0.526. The average molecular weight is 346 g/mol. The summed E-state index contributed by atoms with van der Waals surface area (Å²) in [4.78, 5) is 15.1. The number of amides is 1. The Kier molecular flexibility index (Phi) is 5.01. The van der Waals surface area contributed by atoms with Crippen molar-refractivity contribution in [3.63, 3.8) is 0 Å². The smallest absolute Gasteiger partial charge is 0.287 e. The first-order chi connectivity index (χ1) is 11.9. The molecule has 1 aromatic heterocycles. The number of hydrogen-bond donors (Lipinski definition) is 1. The second-order valence-electron chi connectivity index (χ2n) is 6.82. The number of aryl methyl sites for hydroxylation is 1. The monoisotopic (exact) mass is 346 g/mol. The molecule has 1 aliphatic heterocycles. The lowest BCUT2D eigenvalue weighted by atomic mass is 10.1. The highest BCUT2D eigenvalue weighted by molar-refractivity contribution is 5.99. The van der Waals surface area contributed by atoms with Crippen LogP contribution in [0.5, 0.6) is 5.75 Å². The van der Waals surface area contributed by atoms with Crippen LogP contribution in [0, 0.1) is 6.92 Å². The van der Waals surface area contributed by atoms with Gasteiger partial charge in [-0.15, -0.1) is 0 Å². The largest absolute Gasteiger partial charge is 0.497 e. The van der Waals surface area contributed by atoms with Gasteiger partial charge in [-0.2, -0.15) is 0 Å². The maximum Gasteiger partial charge on any atom is 0.287 e. The topological polar surface area (TPSA) is 63.9 Å². The van der Waals surface area contributed by atoms with Gasteiger partial charge in [0.15, 0.2) is 5.76 Å². The molecule has 0 radical (unpaired) electrons. The van der Waals surface area contributed by atoms with Crippen LogP contribution in [0.25, 0.3) is 11.0 Å². The van der Waals surface area contributed by atoms with Crippen LogP contribution in [-0.4, -0.2) is 56.3 Å². The molecule has 3 rings (SSSR count). The van der Waals surface area contributed by atoms with E-state index in [9.17, 15) is 4.79 Å². The Morgan fingerprint density at radius 1 is 1.32 bits per heavy atom. The van der Waals surface area contributed by atoms with Crippen molar-refractivity contribution >= 4 is 16.9 Å². The Labute approximate surface area is 148 Å². The molecular formula is C19H26N2O4. The summed E-state index contributed by atoms with van der Waals surface area (Å²) >= 11 is 0. The summed E-state index contributed by atoms with van der Waals surface area (Å²) in [6, 6.07) is 5.94. The molecule has 0 bridgehead atoms. The third-order valence-electron chi connectivity index (χ3n) is 5.00. The first kappa shape index (κ1) is 17.8. The van der Waals surface area contributed by atoms with E-state index in [4.69, 9.17) is 13.9 Å². The van der Waals surface area contributed by atoms with Crippen LogP contribution in [0.4, 0.5) is 0 Å². The van der Waals surface area contributed by atoms with E-state index in [2.05, 4.69) is 24.1 Å². The normalized spacial score (nSPS) is 21.2. The van der Waals surface area contributed by atoms with Gasteiger partial charge in [-0.25, -0.2) is 0 Å². The standard InChI is InChI=1S/C19H26N2O4/c1-11(2)21-9-15(17(10-21)24-5)20-19(22)18-12(3)14-7-6-13(23-4)8-16(14)25-18/h6-8,11,15,17H,9-10H2,1-5H3,(H,20,22)/t15-,17-/m0/s1. The van der Waals surface area contributed by atoms with E-state index in [0.717, 1.165) is 24.0 Å². The molecule has 2 heterocycles. The van der Waals surface area contributed by atoms with Gasteiger partial charge in [0.2, 0.25) is 0 Å². The molecule has 2 atom stereocenters. The predicted molar refractivity (Wildman–Crippen MR) is 96.3 cm³/mol. The Morgan fingerprint density at radius 3 is 2.72 bits per heavy atom. The predicted octanol–water partition coefficient (Wildman–Crippen LogP) is 2.59. The molecule has 6 nitrogen and oxygen atoms in total.